The highest BCUT2D eigenvalue weighted by molar-refractivity contribution is 7.90. The lowest BCUT2D eigenvalue weighted by atomic mass is 10.2. The van der Waals surface area contributed by atoms with E-state index in [4.69, 9.17) is 5.11 Å². The zero-order valence-electron chi connectivity index (χ0n) is 9.54. The monoisotopic (exact) mass is 237 g/mol. The molecule has 0 aromatic heterocycles. The first-order valence-corrected chi connectivity index (χ1v) is 7.61. The molecule has 92 valence electrons. The van der Waals surface area contributed by atoms with E-state index in [2.05, 4.69) is 5.32 Å². The molecule has 0 aliphatic carbocycles. The van der Waals surface area contributed by atoms with Gasteiger partial charge in [0.25, 0.3) is 0 Å². The van der Waals surface area contributed by atoms with Crippen LogP contribution in [0.25, 0.3) is 0 Å². The van der Waals surface area contributed by atoms with E-state index in [1.165, 1.54) is 6.26 Å². The molecule has 4 nitrogen and oxygen atoms in total. The zero-order valence-corrected chi connectivity index (χ0v) is 10.4. The Morgan fingerprint density at radius 1 is 1.00 bits per heavy atom. The van der Waals surface area contributed by atoms with E-state index in [9.17, 15) is 8.42 Å². The molecule has 5 heteroatoms. The molecule has 0 rings (SSSR count). The second-order valence-corrected chi connectivity index (χ2v) is 6.13. The smallest absolute Gasteiger partial charge is 0.147 e. The van der Waals surface area contributed by atoms with Crippen LogP contribution in [0.3, 0.4) is 0 Å². The van der Waals surface area contributed by atoms with Gasteiger partial charge in [0.1, 0.15) is 9.84 Å². The van der Waals surface area contributed by atoms with Crippen LogP contribution in [-0.2, 0) is 9.84 Å². The van der Waals surface area contributed by atoms with E-state index in [0.29, 0.717) is 6.42 Å². The van der Waals surface area contributed by atoms with Gasteiger partial charge in [-0.25, -0.2) is 8.42 Å². The number of aliphatic hydroxyl groups is 1. The Labute approximate surface area is 93.0 Å². The Kier molecular flexibility index (Phi) is 9.04. The fourth-order valence-corrected chi connectivity index (χ4v) is 1.97. The van der Waals surface area contributed by atoms with Crippen molar-refractivity contribution in [1.29, 1.82) is 0 Å². The van der Waals surface area contributed by atoms with E-state index in [1.54, 1.807) is 0 Å². The number of unbranched alkanes of at least 4 members (excludes halogenated alkanes) is 3. The summed E-state index contributed by atoms with van der Waals surface area (Å²) in [6, 6.07) is 0. The minimum atomic E-state index is -2.80. The van der Waals surface area contributed by atoms with Crippen molar-refractivity contribution in [2.75, 3.05) is 31.7 Å². The van der Waals surface area contributed by atoms with Crippen molar-refractivity contribution in [3.05, 3.63) is 0 Å². The van der Waals surface area contributed by atoms with Gasteiger partial charge in [0, 0.05) is 12.9 Å². The standard InChI is InChI=1S/C10H23NO3S/c1-15(13,14)10-6-8-11-7-4-2-3-5-9-12/h11-12H,2-10H2,1H3. The number of nitrogens with one attached hydrogen (secondary N) is 1. The van der Waals surface area contributed by atoms with Gasteiger partial charge in [-0.2, -0.15) is 0 Å². The van der Waals surface area contributed by atoms with Gasteiger partial charge in [0.15, 0.2) is 0 Å². The minimum Gasteiger partial charge on any atom is -0.396 e. The van der Waals surface area contributed by atoms with E-state index >= 15 is 0 Å². The average molecular weight is 237 g/mol. The Morgan fingerprint density at radius 3 is 2.20 bits per heavy atom. The molecular weight excluding hydrogens is 214 g/mol. The van der Waals surface area contributed by atoms with Gasteiger partial charge in [-0.1, -0.05) is 12.8 Å². The molecule has 0 amide bonds. The van der Waals surface area contributed by atoms with E-state index in [1.807, 2.05) is 0 Å². The zero-order chi connectivity index (χ0) is 11.6. The normalized spacial score (nSPS) is 11.9. The van der Waals surface area contributed by atoms with Crippen molar-refractivity contribution in [2.24, 2.45) is 0 Å². The van der Waals surface area contributed by atoms with Crippen molar-refractivity contribution in [2.45, 2.75) is 32.1 Å². The number of sulfone groups is 1. The summed E-state index contributed by atoms with van der Waals surface area (Å²) in [4.78, 5) is 0. The van der Waals surface area contributed by atoms with Gasteiger partial charge >= 0.3 is 0 Å². The van der Waals surface area contributed by atoms with Crippen LogP contribution >= 0.6 is 0 Å². The molecule has 0 unspecified atom stereocenters. The topological polar surface area (TPSA) is 66.4 Å². The van der Waals surface area contributed by atoms with E-state index in [-0.39, 0.29) is 12.4 Å². The molecule has 0 bridgehead atoms. The van der Waals surface area contributed by atoms with Crippen LogP contribution in [-0.4, -0.2) is 45.2 Å². The summed E-state index contributed by atoms with van der Waals surface area (Å²) in [5.41, 5.74) is 0. The van der Waals surface area contributed by atoms with Gasteiger partial charge < -0.3 is 10.4 Å². The van der Waals surface area contributed by atoms with Crippen LogP contribution < -0.4 is 5.32 Å². The summed E-state index contributed by atoms with van der Waals surface area (Å²) >= 11 is 0. The molecule has 0 heterocycles. The molecule has 0 aliphatic heterocycles. The van der Waals surface area contributed by atoms with Crippen molar-refractivity contribution >= 4 is 9.84 Å². The summed E-state index contributed by atoms with van der Waals surface area (Å²) in [6.45, 7) is 1.99. The third kappa shape index (κ3) is 13.9. The lowest BCUT2D eigenvalue weighted by Gasteiger charge is -2.03. The maximum Gasteiger partial charge on any atom is 0.147 e. The third-order valence-electron chi connectivity index (χ3n) is 2.13. The highest BCUT2D eigenvalue weighted by atomic mass is 32.2. The number of aliphatic hydroxyl groups excluding tert-OH is 1. The third-order valence-corrected chi connectivity index (χ3v) is 3.16. The number of rotatable bonds is 10. The summed E-state index contributed by atoms with van der Waals surface area (Å²) in [5.74, 6) is 0.268. The SMILES string of the molecule is CS(=O)(=O)CCCNCCCCCCO. The molecule has 0 spiro atoms. The molecule has 0 aliphatic rings. The largest absolute Gasteiger partial charge is 0.396 e. The first kappa shape index (κ1) is 14.9. The molecule has 0 fully saturated rings. The van der Waals surface area contributed by atoms with Gasteiger partial charge in [-0.05, 0) is 32.4 Å². The summed E-state index contributed by atoms with van der Waals surface area (Å²) in [7, 11) is -2.80. The van der Waals surface area contributed by atoms with E-state index < -0.39 is 9.84 Å². The predicted octanol–water partition coefficient (Wildman–Crippen LogP) is 0.563. The highest BCUT2D eigenvalue weighted by Crippen LogP contribution is 1.97. The first-order valence-electron chi connectivity index (χ1n) is 5.55. The van der Waals surface area contributed by atoms with Crippen LogP contribution in [0.2, 0.25) is 0 Å². The second kappa shape index (κ2) is 9.12. The molecule has 15 heavy (non-hydrogen) atoms. The van der Waals surface area contributed by atoms with Crippen molar-refractivity contribution in [3.8, 4) is 0 Å². The summed E-state index contributed by atoms with van der Waals surface area (Å²) < 4.78 is 21.6. The first-order chi connectivity index (χ1) is 7.06. The van der Waals surface area contributed by atoms with E-state index in [0.717, 1.165) is 38.8 Å². The van der Waals surface area contributed by atoms with Gasteiger partial charge in [0.2, 0.25) is 0 Å². The second-order valence-electron chi connectivity index (χ2n) is 3.87. The van der Waals surface area contributed by atoms with Gasteiger partial charge in [-0.3, -0.25) is 0 Å². The van der Waals surface area contributed by atoms with Gasteiger partial charge in [0.05, 0.1) is 5.75 Å². The lowest BCUT2D eigenvalue weighted by Crippen LogP contribution is -2.19. The maximum atomic E-state index is 10.8. The Balaban J connectivity index is 3.06. The molecule has 0 aromatic rings. The quantitative estimate of drug-likeness (QED) is 0.545. The Morgan fingerprint density at radius 2 is 1.60 bits per heavy atom. The minimum absolute atomic E-state index is 0.268. The van der Waals surface area contributed by atoms with Crippen LogP contribution in [0.5, 0.6) is 0 Å². The molecule has 0 aromatic carbocycles. The summed E-state index contributed by atoms with van der Waals surface area (Å²) in [6.07, 6.45) is 6.13. The number of hydrogen-bond acceptors (Lipinski definition) is 4. The van der Waals surface area contributed by atoms with Crippen LogP contribution in [0.4, 0.5) is 0 Å². The van der Waals surface area contributed by atoms with Crippen LogP contribution in [0.1, 0.15) is 32.1 Å². The van der Waals surface area contributed by atoms with Gasteiger partial charge in [-0.15, -0.1) is 0 Å². The van der Waals surface area contributed by atoms with Crippen LogP contribution in [0, 0.1) is 0 Å². The Hall–Kier alpha value is -0.130. The Bertz CT molecular complexity index is 227. The lowest BCUT2D eigenvalue weighted by molar-refractivity contribution is 0.282. The van der Waals surface area contributed by atoms with Crippen molar-refractivity contribution in [1.82, 2.24) is 5.32 Å². The molecule has 2 N–H and O–H groups in total. The molecule has 0 saturated heterocycles. The predicted molar refractivity (Wildman–Crippen MR) is 62.8 cm³/mol. The maximum absolute atomic E-state index is 10.8. The fourth-order valence-electron chi connectivity index (χ4n) is 1.30. The number of hydrogen-bond donors (Lipinski definition) is 2. The molecule has 0 radical (unpaired) electrons. The summed E-state index contributed by atoms with van der Waals surface area (Å²) in [5, 5.41) is 11.8. The molecule has 0 saturated carbocycles. The van der Waals surface area contributed by atoms with Crippen LogP contribution in [0.15, 0.2) is 0 Å². The fraction of sp³-hybridized carbons (Fsp3) is 1.00. The average Bonchev–Trinajstić information content (AvgIpc) is 2.14. The van der Waals surface area contributed by atoms with Crippen molar-refractivity contribution < 1.29 is 13.5 Å². The highest BCUT2D eigenvalue weighted by Gasteiger charge is 2.00. The molecule has 0 atom stereocenters. The van der Waals surface area contributed by atoms with Crippen molar-refractivity contribution in [3.63, 3.8) is 0 Å². The molecular formula is C10H23NO3S.